The van der Waals surface area contributed by atoms with Crippen molar-refractivity contribution in [1.29, 1.82) is 0 Å². The highest BCUT2D eigenvalue weighted by Crippen LogP contribution is 2.18. The molecule has 0 saturated carbocycles. The van der Waals surface area contributed by atoms with Crippen molar-refractivity contribution in [2.45, 2.75) is 34.0 Å². The van der Waals surface area contributed by atoms with Gasteiger partial charge >= 0.3 is 0 Å². The standard InChI is InChI=1S/C7H13I3/c8-6-4-2-1-3-5-7(9)10/h7H,1-6H2. The summed E-state index contributed by atoms with van der Waals surface area (Å²) in [5, 5.41) is 0. The van der Waals surface area contributed by atoms with Gasteiger partial charge in [0.25, 0.3) is 0 Å². The minimum Gasteiger partial charge on any atom is -0.0864 e. The molecule has 0 radical (unpaired) electrons. The zero-order valence-electron chi connectivity index (χ0n) is 5.95. The molecule has 0 amide bonds. The van der Waals surface area contributed by atoms with E-state index < -0.39 is 0 Å². The number of hydrogen-bond donors (Lipinski definition) is 0. The SMILES string of the molecule is ICCCCCCC(I)I. The second-order valence-electron chi connectivity index (χ2n) is 2.28. The molecular formula is C7H13I3. The minimum atomic E-state index is 0.842. The summed E-state index contributed by atoms with van der Waals surface area (Å²) in [6, 6.07) is 0. The molecule has 0 saturated heterocycles. The molecule has 0 aromatic rings. The Bertz CT molecular complexity index is 63.9. The van der Waals surface area contributed by atoms with Crippen molar-refractivity contribution in [3.05, 3.63) is 0 Å². The van der Waals surface area contributed by atoms with Crippen molar-refractivity contribution in [2.75, 3.05) is 4.43 Å². The fourth-order valence-corrected chi connectivity index (χ4v) is 2.17. The lowest BCUT2D eigenvalue weighted by atomic mass is 10.2. The molecule has 0 aliphatic rings. The van der Waals surface area contributed by atoms with Crippen LogP contribution in [0.15, 0.2) is 0 Å². The maximum Gasteiger partial charge on any atom is 0.0626 e. The van der Waals surface area contributed by atoms with Crippen molar-refractivity contribution in [3.63, 3.8) is 0 Å². The maximum absolute atomic E-state index is 2.49. The molecule has 0 spiro atoms. The van der Waals surface area contributed by atoms with E-state index in [0.717, 1.165) is 1.93 Å². The van der Waals surface area contributed by atoms with E-state index in [1.807, 2.05) is 0 Å². The second-order valence-corrected chi connectivity index (χ2v) is 8.75. The van der Waals surface area contributed by atoms with E-state index in [1.54, 1.807) is 0 Å². The van der Waals surface area contributed by atoms with Crippen LogP contribution in [0.3, 0.4) is 0 Å². The molecule has 0 bridgehead atoms. The smallest absolute Gasteiger partial charge is 0.0626 e. The van der Waals surface area contributed by atoms with E-state index in [4.69, 9.17) is 0 Å². The van der Waals surface area contributed by atoms with Crippen LogP contribution in [0.1, 0.15) is 32.1 Å². The number of hydrogen-bond acceptors (Lipinski definition) is 0. The summed E-state index contributed by atoms with van der Waals surface area (Å²) >= 11 is 7.43. The fourth-order valence-electron chi connectivity index (χ4n) is 0.747. The van der Waals surface area contributed by atoms with Crippen molar-refractivity contribution < 1.29 is 0 Å². The van der Waals surface area contributed by atoms with E-state index in [1.165, 1.54) is 36.5 Å². The van der Waals surface area contributed by atoms with Gasteiger partial charge in [-0.15, -0.1) is 0 Å². The van der Waals surface area contributed by atoms with Crippen molar-refractivity contribution in [3.8, 4) is 0 Å². The molecule has 3 heteroatoms. The topological polar surface area (TPSA) is 0 Å². The van der Waals surface area contributed by atoms with Gasteiger partial charge in [-0.2, -0.15) is 0 Å². The Morgan fingerprint density at radius 2 is 1.50 bits per heavy atom. The molecule has 0 heterocycles. The highest BCUT2D eigenvalue weighted by molar-refractivity contribution is 14.2. The molecule has 0 N–H and O–H groups in total. The van der Waals surface area contributed by atoms with Crippen LogP contribution >= 0.6 is 67.8 Å². The molecule has 0 fully saturated rings. The van der Waals surface area contributed by atoms with Gasteiger partial charge in [0.2, 0.25) is 0 Å². The Morgan fingerprint density at radius 3 is 2.00 bits per heavy atom. The summed E-state index contributed by atoms with van der Waals surface area (Å²) in [6.07, 6.45) is 7.09. The van der Waals surface area contributed by atoms with Crippen molar-refractivity contribution >= 4 is 67.8 Å². The molecule has 0 aromatic heterocycles. The van der Waals surface area contributed by atoms with Gasteiger partial charge in [0, 0.05) is 0 Å². The van der Waals surface area contributed by atoms with Gasteiger partial charge in [0.1, 0.15) is 0 Å². The molecule has 0 rings (SSSR count). The zero-order chi connectivity index (χ0) is 7.82. The Balaban J connectivity index is 2.77. The van der Waals surface area contributed by atoms with Crippen LogP contribution in [0.2, 0.25) is 0 Å². The van der Waals surface area contributed by atoms with Gasteiger partial charge < -0.3 is 0 Å². The van der Waals surface area contributed by atoms with E-state index >= 15 is 0 Å². The lowest BCUT2D eigenvalue weighted by Gasteiger charge is -1.99. The Morgan fingerprint density at radius 1 is 0.900 bits per heavy atom. The van der Waals surface area contributed by atoms with Gasteiger partial charge in [-0.25, -0.2) is 0 Å². The van der Waals surface area contributed by atoms with Gasteiger partial charge in [-0.1, -0.05) is 87.0 Å². The van der Waals surface area contributed by atoms with E-state index in [9.17, 15) is 0 Å². The molecule has 0 aromatic carbocycles. The molecule has 0 aliphatic carbocycles. The third-order valence-corrected chi connectivity index (χ3v) is 3.31. The predicted octanol–water partition coefficient (Wildman–Crippen LogP) is 4.57. The summed E-state index contributed by atoms with van der Waals surface area (Å²) in [6.45, 7) is 0. The third kappa shape index (κ3) is 10.2. The molecule has 0 unspecified atom stereocenters. The molecule has 10 heavy (non-hydrogen) atoms. The first-order valence-corrected chi connectivity index (χ1v) is 7.63. The first-order chi connectivity index (χ1) is 4.77. The maximum atomic E-state index is 2.49. The first-order valence-electron chi connectivity index (χ1n) is 3.61. The average molecular weight is 478 g/mol. The van der Waals surface area contributed by atoms with Crippen LogP contribution in [0.5, 0.6) is 0 Å². The van der Waals surface area contributed by atoms with Crippen LogP contribution in [-0.4, -0.2) is 6.36 Å². The highest BCUT2D eigenvalue weighted by Gasteiger charge is 1.95. The zero-order valence-corrected chi connectivity index (χ0v) is 12.4. The molecule has 0 nitrogen and oxygen atoms in total. The van der Waals surface area contributed by atoms with Crippen LogP contribution in [0.4, 0.5) is 0 Å². The summed E-state index contributed by atoms with van der Waals surface area (Å²) in [4.78, 5) is 0. The van der Waals surface area contributed by atoms with Crippen LogP contribution in [-0.2, 0) is 0 Å². The van der Waals surface area contributed by atoms with E-state index in [-0.39, 0.29) is 0 Å². The predicted molar refractivity (Wildman–Crippen MR) is 73.8 cm³/mol. The minimum absolute atomic E-state index is 0.842. The number of unbranched alkanes of at least 4 members (excludes halogenated alkanes) is 3. The molecular weight excluding hydrogens is 465 g/mol. The van der Waals surface area contributed by atoms with Crippen LogP contribution in [0.25, 0.3) is 0 Å². The third-order valence-electron chi connectivity index (χ3n) is 1.31. The average Bonchev–Trinajstić information content (AvgIpc) is 1.87. The highest BCUT2D eigenvalue weighted by atomic mass is 127. The Kier molecular flexibility index (Phi) is 11.3. The summed E-state index contributed by atoms with van der Waals surface area (Å²) < 4.78 is 2.17. The largest absolute Gasteiger partial charge is 0.0864 e. The first kappa shape index (κ1) is 12.2. The van der Waals surface area contributed by atoms with Crippen molar-refractivity contribution in [1.82, 2.24) is 0 Å². The van der Waals surface area contributed by atoms with Crippen LogP contribution in [0, 0.1) is 0 Å². The van der Waals surface area contributed by atoms with E-state index in [0.29, 0.717) is 0 Å². The second kappa shape index (κ2) is 9.28. The lowest BCUT2D eigenvalue weighted by molar-refractivity contribution is 0.665. The van der Waals surface area contributed by atoms with Gasteiger partial charge in [-0.3, -0.25) is 0 Å². The molecule has 0 aliphatic heterocycles. The van der Waals surface area contributed by atoms with Gasteiger partial charge in [-0.05, 0) is 17.3 Å². The Hall–Kier alpha value is 2.19. The normalized spacial score (nSPS) is 10.8. The summed E-state index contributed by atoms with van der Waals surface area (Å²) in [7, 11) is 0. The Labute approximate surface area is 105 Å². The van der Waals surface area contributed by atoms with E-state index in [2.05, 4.69) is 67.8 Å². The lowest BCUT2D eigenvalue weighted by Crippen LogP contribution is -1.85. The number of alkyl halides is 3. The summed E-state index contributed by atoms with van der Waals surface area (Å²) in [5.41, 5.74) is 0. The molecule has 62 valence electrons. The monoisotopic (exact) mass is 478 g/mol. The quantitative estimate of drug-likeness (QED) is 0.299. The fraction of sp³-hybridized carbons (Fsp3) is 1.00. The number of halogens is 3. The summed E-state index contributed by atoms with van der Waals surface area (Å²) in [5.74, 6) is 0. The van der Waals surface area contributed by atoms with Gasteiger partial charge in [0.15, 0.2) is 0 Å². The van der Waals surface area contributed by atoms with Crippen LogP contribution < -0.4 is 0 Å². The molecule has 0 atom stereocenters. The van der Waals surface area contributed by atoms with Crippen molar-refractivity contribution in [2.24, 2.45) is 0 Å². The number of rotatable bonds is 6. The van der Waals surface area contributed by atoms with Gasteiger partial charge in [0.05, 0.1) is 1.93 Å².